The first kappa shape index (κ1) is 30.8. The van der Waals surface area contributed by atoms with Gasteiger partial charge in [-0.15, -0.1) is 6.42 Å². The predicted octanol–water partition coefficient (Wildman–Crippen LogP) is 9.94. The van der Waals surface area contributed by atoms with E-state index in [0.717, 1.165) is 69.1 Å². The van der Waals surface area contributed by atoms with Crippen molar-refractivity contribution in [3.8, 4) is 12.3 Å². The molecule has 0 saturated heterocycles. The largest absolute Gasteiger partial charge is 0.377 e. The lowest BCUT2D eigenvalue weighted by atomic mass is 9.48. The Morgan fingerprint density at radius 2 is 1.41 bits per heavy atom. The van der Waals surface area contributed by atoms with Crippen molar-refractivity contribution >= 4 is 5.78 Å². The zero-order valence-electron chi connectivity index (χ0n) is 27.8. The quantitative estimate of drug-likeness (QED) is 0.255. The Morgan fingerprint density at radius 3 is 1.98 bits per heavy atom. The average Bonchev–Trinajstić information content (AvgIpc) is 3.55. The normalized spacial score (nSPS) is 47.3. The molecule has 238 valence electrons. The van der Waals surface area contributed by atoms with E-state index in [2.05, 4.69) is 45.1 Å². The molecule has 0 aromatic rings. The summed E-state index contributed by atoms with van der Waals surface area (Å²) >= 11 is 0. The Balaban J connectivity index is 0.000000143. The molecule has 8 aliphatic rings. The summed E-state index contributed by atoms with van der Waals surface area (Å²) in [5.41, 5.74) is 5.21. The first-order valence-electron chi connectivity index (χ1n) is 18.7. The molecule has 0 bridgehead atoms. The highest BCUT2D eigenvalue weighted by Gasteiger charge is 2.64. The van der Waals surface area contributed by atoms with Crippen molar-refractivity contribution in [2.75, 3.05) is 0 Å². The van der Waals surface area contributed by atoms with Gasteiger partial charge in [0.25, 0.3) is 0 Å². The third-order valence-electron chi connectivity index (χ3n) is 15.4. The van der Waals surface area contributed by atoms with Crippen LogP contribution in [0.1, 0.15) is 129 Å². The lowest BCUT2D eigenvalue weighted by Crippen LogP contribution is -2.54. The Labute approximate surface area is 268 Å². The predicted molar refractivity (Wildman–Crippen MR) is 180 cm³/mol. The van der Waals surface area contributed by atoms with Crippen LogP contribution in [0, 0.1) is 70.5 Å². The fraction of sp³-hybridized carbons (Fsp3) is 0.738. The van der Waals surface area contributed by atoms with Gasteiger partial charge in [0.15, 0.2) is 0 Å². The molecule has 2 heteroatoms. The van der Waals surface area contributed by atoms with Crippen molar-refractivity contribution in [3.05, 3.63) is 47.6 Å². The van der Waals surface area contributed by atoms with Crippen molar-refractivity contribution in [1.82, 2.24) is 0 Å². The van der Waals surface area contributed by atoms with Gasteiger partial charge >= 0.3 is 0 Å². The zero-order valence-corrected chi connectivity index (χ0v) is 27.8. The summed E-state index contributed by atoms with van der Waals surface area (Å²) in [7, 11) is 0. The summed E-state index contributed by atoms with van der Waals surface area (Å²) in [5, 5.41) is 11.2. The van der Waals surface area contributed by atoms with Crippen LogP contribution in [0.2, 0.25) is 0 Å². The monoisotopic (exact) mass is 594 g/mol. The number of fused-ring (bicyclic) bond motifs is 10. The van der Waals surface area contributed by atoms with Gasteiger partial charge in [0, 0.05) is 17.3 Å². The van der Waals surface area contributed by atoms with Crippen LogP contribution in [-0.2, 0) is 4.79 Å². The number of Topliss-reactive ketones (excluding diaryl/α,β-unsaturated/α-hetero) is 1. The van der Waals surface area contributed by atoms with Gasteiger partial charge in [0.2, 0.25) is 0 Å². The highest BCUT2D eigenvalue weighted by Crippen LogP contribution is 2.67. The molecule has 6 saturated carbocycles. The number of terminal acetylenes is 1. The van der Waals surface area contributed by atoms with Crippen molar-refractivity contribution < 1.29 is 9.90 Å². The van der Waals surface area contributed by atoms with Crippen LogP contribution >= 0.6 is 0 Å². The van der Waals surface area contributed by atoms with E-state index >= 15 is 0 Å². The molecule has 0 spiro atoms. The molecule has 8 unspecified atom stereocenters. The molecule has 0 aromatic heterocycles. The van der Waals surface area contributed by atoms with E-state index in [4.69, 9.17) is 6.42 Å². The topological polar surface area (TPSA) is 37.3 Å². The lowest BCUT2D eigenvalue weighted by molar-refractivity contribution is -0.130. The van der Waals surface area contributed by atoms with Crippen LogP contribution in [0.4, 0.5) is 0 Å². The molecule has 6 fully saturated rings. The minimum atomic E-state index is -0.914. The maximum absolute atomic E-state index is 12.6. The van der Waals surface area contributed by atoms with Gasteiger partial charge in [-0.05, 0) is 156 Å². The van der Waals surface area contributed by atoms with Crippen LogP contribution < -0.4 is 0 Å². The van der Waals surface area contributed by atoms with Gasteiger partial charge in [-0.2, -0.15) is 0 Å². The molecule has 1 N–H and O–H groups in total. The van der Waals surface area contributed by atoms with Gasteiger partial charge in [-0.3, -0.25) is 4.79 Å². The fourth-order valence-electron chi connectivity index (χ4n) is 13.5. The number of hydrogen-bond donors (Lipinski definition) is 1. The highest BCUT2D eigenvalue weighted by molar-refractivity contribution is 5.88. The maximum Gasteiger partial charge on any atom is 0.139 e. The Kier molecular flexibility index (Phi) is 8.00. The summed E-state index contributed by atoms with van der Waals surface area (Å²) in [6, 6.07) is 0. The van der Waals surface area contributed by atoms with E-state index in [1.54, 1.807) is 11.1 Å². The molecule has 0 amide bonds. The molecule has 0 radical (unpaired) electrons. The fourth-order valence-corrected chi connectivity index (χ4v) is 13.5. The SMILES string of the molecule is C#C[C@]1(O)CCC2C3CCC4=CCCCC4C3C(=C)C[C@@]21CC.C=C1C[C@]2(CC)C(=O)CCC2C2CCC3=CCCCC3C12. The molecule has 2 nitrogen and oxygen atoms in total. The van der Waals surface area contributed by atoms with Crippen molar-refractivity contribution in [2.24, 2.45) is 58.2 Å². The molecular weight excluding hydrogens is 536 g/mol. The number of ketones is 1. The number of aliphatic hydroxyl groups is 1. The minimum absolute atomic E-state index is 0.0197. The summed E-state index contributed by atoms with van der Waals surface area (Å²) in [5.74, 6) is 8.92. The minimum Gasteiger partial charge on any atom is -0.377 e. The number of carbonyl (C=O) groups excluding carboxylic acids is 1. The van der Waals surface area contributed by atoms with E-state index in [1.807, 2.05) is 0 Å². The first-order valence-corrected chi connectivity index (χ1v) is 18.7. The standard InChI is InChI=1S/C22H30O.C20H28O/c1-4-21-14-15(3)20-17-9-7-6-8-16(17)10-11-18(20)19(21)12-13-22(21,23)5-2;1-3-20-12-13(2)19-15-7-5-4-6-14(15)8-9-16(19)17(20)10-11-18(20)21/h2,8,17-20,23H,3-4,6-7,9-14H2,1H3;6,15-17,19H,2-5,7-12H2,1H3/t17?,18?,19?,20?,21-,22-;15?,16?,17?,19?,20-/m00/s1. The lowest BCUT2D eigenvalue weighted by Gasteiger charge is -2.56. The third kappa shape index (κ3) is 4.33. The van der Waals surface area contributed by atoms with Crippen molar-refractivity contribution in [3.63, 3.8) is 0 Å². The molecule has 0 aromatic carbocycles. The van der Waals surface area contributed by atoms with Gasteiger partial charge in [-0.1, -0.05) is 67.4 Å². The van der Waals surface area contributed by atoms with E-state index < -0.39 is 5.60 Å². The molecule has 11 atom stereocenters. The van der Waals surface area contributed by atoms with Gasteiger partial charge in [-0.25, -0.2) is 0 Å². The Bertz CT molecular complexity index is 1310. The third-order valence-corrected chi connectivity index (χ3v) is 15.4. The molecule has 0 aliphatic heterocycles. The second-order valence-electron chi connectivity index (χ2n) is 16.5. The second kappa shape index (κ2) is 11.4. The maximum atomic E-state index is 12.6. The first-order chi connectivity index (χ1) is 21.2. The van der Waals surface area contributed by atoms with E-state index in [1.165, 1.54) is 75.4 Å². The van der Waals surface area contributed by atoms with Crippen LogP contribution in [0.3, 0.4) is 0 Å². The zero-order chi connectivity index (χ0) is 30.9. The molecule has 44 heavy (non-hydrogen) atoms. The van der Waals surface area contributed by atoms with Gasteiger partial charge in [0.05, 0.1) is 0 Å². The number of carbonyl (C=O) groups is 1. The summed E-state index contributed by atoms with van der Waals surface area (Å²) < 4.78 is 0. The number of allylic oxidation sites excluding steroid dienone is 6. The summed E-state index contributed by atoms with van der Waals surface area (Å²) in [4.78, 5) is 12.6. The van der Waals surface area contributed by atoms with E-state index in [0.29, 0.717) is 35.4 Å². The second-order valence-corrected chi connectivity index (χ2v) is 16.5. The Hall–Kier alpha value is -1.85. The van der Waals surface area contributed by atoms with Gasteiger partial charge in [0.1, 0.15) is 11.4 Å². The van der Waals surface area contributed by atoms with Crippen LogP contribution in [0.25, 0.3) is 0 Å². The van der Waals surface area contributed by atoms with Crippen LogP contribution in [0.15, 0.2) is 47.6 Å². The van der Waals surface area contributed by atoms with E-state index in [9.17, 15) is 9.90 Å². The van der Waals surface area contributed by atoms with Crippen LogP contribution in [-0.4, -0.2) is 16.5 Å². The summed E-state index contributed by atoms with van der Waals surface area (Å²) in [6.07, 6.45) is 31.8. The molecule has 8 aliphatic carbocycles. The van der Waals surface area contributed by atoms with E-state index in [-0.39, 0.29) is 10.8 Å². The smallest absolute Gasteiger partial charge is 0.139 e. The number of hydrogen-bond acceptors (Lipinski definition) is 2. The molecule has 0 heterocycles. The summed E-state index contributed by atoms with van der Waals surface area (Å²) in [6.45, 7) is 13.5. The number of rotatable bonds is 2. The van der Waals surface area contributed by atoms with Crippen molar-refractivity contribution in [2.45, 2.75) is 135 Å². The van der Waals surface area contributed by atoms with Crippen LogP contribution in [0.5, 0.6) is 0 Å². The Morgan fingerprint density at radius 1 is 0.818 bits per heavy atom. The van der Waals surface area contributed by atoms with Crippen molar-refractivity contribution in [1.29, 1.82) is 0 Å². The van der Waals surface area contributed by atoms with Gasteiger partial charge < -0.3 is 5.11 Å². The average molecular weight is 595 g/mol. The molecular formula is C42H58O2. The highest BCUT2D eigenvalue weighted by atomic mass is 16.3. The molecule has 8 rings (SSSR count).